The Balaban J connectivity index is 2.31. The number of rotatable bonds is 5. The van der Waals surface area contributed by atoms with Gasteiger partial charge in [0, 0.05) is 17.2 Å². The van der Waals surface area contributed by atoms with Crippen LogP contribution in [-0.2, 0) is 14.6 Å². The first-order chi connectivity index (χ1) is 9.56. The van der Waals surface area contributed by atoms with E-state index < -0.39 is 21.0 Å². The van der Waals surface area contributed by atoms with Crippen molar-refractivity contribution < 1.29 is 18.0 Å². The fourth-order valence-electron chi connectivity index (χ4n) is 1.95. The van der Waals surface area contributed by atoms with E-state index in [2.05, 4.69) is 0 Å². The Morgan fingerprint density at radius 1 is 1.19 bits per heavy atom. The summed E-state index contributed by atoms with van der Waals surface area (Å²) in [5.74, 6) is -0.563. The Bertz CT molecular complexity index is 734. The molecule has 0 unspecified atom stereocenters. The van der Waals surface area contributed by atoms with Gasteiger partial charge in [-0.3, -0.25) is 9.59 Å². The number of carbonyl (C=O) groups is 2. The lowest BCUT2D eigenvalue weighted by molar-refractivity contribution is -0.122. The van der Waals surface area contributed by atoms with E-state index in [1.807, 2.05) is 6.92 Å². The topological polar surface area (TPSA) is 68.3 Å². The maximum Gasteiger partial charge on any atom is 0.177 e. The molecular weight excluding hydrogens is 335 g/mol. The van der Waals surface area contributed by atoms with Gasteiger partial charge in [-0.05, 0) is 25.0 Å². The van der Waals surface area contributed by atoms with E-state index in [0.29, 0.717) is 0 Å². The third-order valence-corrected chi connectivity index (χ3v) is 5.87. The number of halogens is 2. The van der Waals surface area contributed by atoms with Crippen molar-refractivity contribution in [3.63, 3.8) is 0 Å². The molecule has 1 saturated carbocycles. The zero-order valence-corrected chi connectivity index (χ0v) is 13.9. The molecule has 1 aromatic rings. The number of Topliss-reactive ketones (excluding diaryl/α,β-unsaturated/α-hetero) is 2. The molecule has 0 saturated heterocycles. The summed E-state index contributed by atoms with van der Waals surface area (Å²) in [6, 6.07) is 2.54. The van der Waals surface area contributed by atoms with Gasteiger partial charge in [0.25, 0.3) is 0 Å². The molecule has 1 fully saturated rings. The molecule has 1 aromatic carbocycles. The number of hydrogen-bond donors (Lipinski definition) is 0. The largest absolute Gasteiger partial charge is 0.299 e. The van der Waals surface area contributed by atoms with Gasteiger partial charge in [0.05, 0.1) is 21.4 Å². The van der Waals surface area contributed by atoms with E-state index in [4.69, 9.17) is 23.2 Å². The third-order valence-electron chi connectivity index (χ3n) is 3.74. The quantitative estimate of drug-likeness (QED) is 0.604. The maximum atomic E-state index is 12.2. The van der Waals surface area contributed by atoms with Crippen LogP contribution >= 0.6 is 23.2 Å². The summed E-state index contributed by atoms with van der Waals surface area (Å²) in [7, 11) is -3.53. The first-order valence-corrected chi connectivity index (χ1v) is 8.95. The van der Waals surface area contributed by atoms with E-state index in [-0.39, 0.29) is 32.7 Å². The van der Waals surface area contributed by atoms with Crippen LogP contribution in [0.4, 0.5) is 0 Å². The van der Waals surface area contributed by atoms with Crippen molar-refractivity contribution in [1.82, 2.24) is 0 Å². The number of sulfone groups is 1. The zero-order valence-electron chi connectivity index (χ0n) is 11.6. The zero-order chi connectivity index (χ0) is 16.0. The highest BCUT2D eigenvalue weighted by Gasteiger charge is 2.44. The highest BCUT2D eigenvalue weighted by molar-refractivity contribution is 7.90. The smallest absolute Gasteiger partial charge is 0.177 e. The van der Waals surface area contributed by atoms with Crippen LogP contribution in [0.25, 0.3) is 0 Å². The van der Waals surface area contributed by atoms with Gasteiger partial charge in [0.1, 0.15) is 5.78 Å². The fraction of sp³-hybridized carbons (Fsp3) is 0.429. The SMILES string of the molecule is CC1(C(=O)CC(=O)c2ccc(S(C)(=O)=O)c(Cl)c2Cl)CC1. The van der Waals surface area contributed by atoms with Crippen LogP contribution in [0.3, 0.4) is 0 Å². The van der Waals surface area contributed by atoms with Gasteiger partial charge in [-0.2, -0.15) is 0 Å². The monoisotopic (exact) mass is 348 g/mol. The summed E-state index contributed by atoms with van der Waals surface area (Å²) in [6.07, 6.45) is 2.34. The van der Waals surface area contributed by atoms with Crippen molar-refractivity contribution in [2.45, 2.75) is 31.1 Å². The normalized spacial score (nSPS) is 16.6. The summed E-state index contributed by atoms with van der Waals surface area (Å²) in [5, 5.41) is -0.312. The molecule has 0 N–H and O–H groups in total. The van der Waals surface area contributed by atoms with Crippen LogP contribution in [0, 0.1) is 5.41 Å². The second-order valence-electron chi connectivity index (χ2n) is 5.60. The van der Waals surface area contributed by atoms with E-state index in [0.717, 1.165) is 19.1 Å². The van der Waals surface area contributed by atoms with Gasteiger partial charge in [0.15, 0.2) is 15.6 Å². The van der Waals surface area contributed by atoms with Gasteiger partial charge in [-0.25, -0.2) is 8.42 Å². The average Bonchev–Trinajstić information content (AvgIpc) is 3.10. The molecule has 0 bridgehead atoms. The number of ketones is 2. The highest BCUT2D eigenvalue weighted by atomic mass is 35.5. The molecule has 0 aromatic heterocycles. The minimum Gasteiger partial charge on any atom is -0.299 e. The van der Waals surface area contributed by atoms with Crippen LogP contribution < -0.4 is 0 Å². The first kappa shape index (κ1) is 16.5. The summed E-state index contributed by atoms with van der Waals surface area (Å²) in [6.45, 7) is 1.82. The molecule has 2 rings (SSSR count). The molecule has 1 aliphatic rings. The molecule has 0 atom stereocenters. The van der Waals surface area contributed by atoms with Crippen molar-refractivity contribution in [2.75, 3.05) is 6.26 Å². The average molecular weight is 349 g/mol. The maximum absolute atomic E-state index is 12.2. The van der Waals surface area contributed by atoms with E-state index in [9.17, 15) is 18.0 Å². The summed E-state index contributed by atoms with van der Waals surface area (Å²) < 4.78 is 23.0. The van der Waals surface area contributed by atoms with Crippen molar-refractivity contribution in [2.24, 2.45) is 5.41 Å². The second kappa shape index (κ2) is 5.38. The predicted molar refractivity (Wildman–Crippen MR) is 80.9 cm³/mol. The Labute approximate surface area is 133 Å². The van der Waals surface area contributed by atoms with Gasteiger partial charge < -0.3 is 0 Å². The Morgan fingerprint density at radius 2 is 1.76 bits per heavy atom. The molecule has 0 aliphatic heterocycles. The van der Waals surface area contributed by atoms with Gasteiger partial charge in [-0.1, -0.05) is 30.1 Å². The molecule has 0 amide bonds. The molecule has 1 aliphatic carbocycles. The number of carbonyl (C=O) groups excluding carboxylic acids is 2. The Morgan fingerprint density at radius 3 is 2.24 bits per heavy atom. The Hall–Kier alpha value is -0.910. The molecule has 114 valence electrons. The van der Waals surface area contributed by atoms with E-state index >= 15 is 0 Å². The molecule has 21 heavy (non-hydrogen) atoms. The predicted octanol–water partition coefficient (Wildman–Crippen LogP) is 3.34. The molecule has 0 heterocycles. The molecule has 0 radical (unpaired) electrons. The number of benzene rings is 1. The first-order valence-electron chi connectivity index (χ1n) is 6.31. The number of hydrogen-bond acceptors (Lipinski definition) is 4. The van der Waals surface area contributed by atoms with Crippen LogP contribution in [0.5, 0.6) is 0 Å². The lowest BCUT2D eigenvalue weighted by Crippen LogP contribution is -2.17. The highest BCUT2D eigenvalue weighted by Crippen LogP contribution is 2.46. The van der Waals surface area contributed by atoms with Crippen molar-refractivity contribution >= 4 is 44.6 Å². The van der Waals surface area contributed by atoms with Crippen molar-refractivity contribution in [3.8, 4) is 0 Å². The van der Waals surface area contributed by atoms with Crippen molar-refractivity contribution in [1.29, 1.82) is 0 Å². The van der Waals surface area contributed by atoms with Crippen LogP contribution in [0.1, 0.15) is 36.5 Å². The fourth-order valence-corrected chi connectivity index (χ4v) is 3.61. The molecule has 0 spiro atoms. The summed E-state index contributed by atoms with van der Waals surface area (Å²) >= 11 is 11.9. The minimum atomic E-state index is -3.53. The lowest BCUT2D eigenvalue weighted by Gasteiger charge is -2.10. The van der Waals surface area contributed by atoms with Crippen molar-refractivity contribution in [3.05, 3.63) is 27.7 Å². The molecule has 7 heteroatoms. The van der Waals surface area contributed by atoms with E-state index in [1.54, 1.807) is 0 Å². The van der Waals surface area contributed by atoms with Crippen LogP contribution in [0.2, 0.25) is 10.0 Å². The second-order valence-corrected chi connectivity index (χ2v) is 8.34. The van der Waals surface area contributed by atoms with Gasteiger partial charge in [0.2, 0.25) is 0 Å². The summed E-state index contributed by atoms with van der Waals surface area (Å²) in [5.41, 5.74) is -0.315. The Kier molecular flexibility index (Phi) is 4.21. The molecular formula is C14H14Cl2O4S. The lowest BCUT2D eigenvalue weighted by atomic mass is 9.96. The van der Waals surface area contributed by atoms with Crippen LogP contribution in [-0.4, -0.2) is 26.2 Å². The van der Waals surface area contributed by atoms with E-state index in [1.165, 1.54) is 12.1 Å². The third kappa shape index (κ3) is 3.30. The van der Waals surface area contributed by atoms with Gasteiger partial charge in [-0.15, -0.1) is 0 Å². The van der Waals surface area contributed by atoms with Gasteiger partial charge >= 0.3 is 0 Å². The minimum absolute atomic E-state index is 0.0756. The standard InChI is InChI=1S/C14H14Cl2O4S/c1-14(5-6-14)11(18)7-9(17)8-3-4-10(21(2,19)20)13(16)12(8)15/h3-4H,5-7H2,1-2H3. The van der Waals surface area contributed by atoms with Crippen LogP contribution in [0.15, 0.2) is 17.0 Å². The molecule has 4 nitrogen and oxygen atoms in total. The summed E-state index contributed by atoms with van der Waals surface area (Å²) in [4.78, 5) is 24.0.